The van der Waals surface area contributed by atoms with Gasteiger partial charge in [0.1, 0.15) is 5.69 Å². The van der Waals surface area contributed by atoms with Crippen molar-refractivity contribution >= 4 is 21.8 Å². The van der Waals surface area contributed by atoms with E-state index in [0.29, 0.717) is 6.04 Å². The van der Waals surface area contributed by atoms with E-state index in [-0.39, 0.29) is 5.91 Å². The van der Waals surface area contributed by atoms with Gasteiger partial charge in [0.25, 0.3) is 5.91 Å². The summed E-state index contributed by atoms with van der Waals surface area (Å²) in [6.45, 7) is 3.04. The molecule has 4 unspecified atom stereocenters. The summed E-state index contributed by atoms with van der Waals surface area (Å²) in [7, 11) is 0. The van der Waals surface area contributed by atoms with E-state index in [1.807, 2.05) is 12.3 Å². The first-order chi connectivity index (χ1) is 9.69. The van der Waals surface area contributed by atoms with Gasteiger partial charge in [0.05, 0.1) is 0 Å². The molecule has 4 heteroatoms. The molecule has 4 rings (SSSR count). The minimum absolute atomic E-state index is 0.114. The van der Waals surface area contributed by atoms with Crippen LogP contribution in [0.15, 0.2) is 16.7 Å². The molecule has 2 bridgehead atoms. The molecule has 0 aromatic carbocycles. The third-order valence-electron chi connectivity index (χ3n) is 5.59. The zero-order chi connectivity index (χ0) is 13.9. The number of carbonyl (C=O) groups excluding carboxylic acids is 1. The normalized spacial score (nSPS) is 37.0. The summed E-state index contributed by atoms with van der Waals surface area (Å²) >= 11 is 3.48. The van der Waals surface area contributed by atoms with Crippen molar-refractivity contribution in [2.45, 2.75) is 45.2 Å². The molecule has 0 spiro atoms. The maximum absolute atomic E-state index is 12.5. The molecule has 0 saturated heterocycles. The Balaban J connectivity index is 1.46. The van der Waals surface area contributed by atoms with Crippen LogP contribution in [0.5, 0.6) is 0 Å². The van der Waals surface area contributed by atoms with Gasteiger partial charge in [-0.05, 0) is 71.4 Å². The van der Waals surface area contributed by atoms with E-state index in [1.54, 1.807) is 0 Å². The fourth-order valence-electron chi connectivity index (χ4n) is 4.83. The summed E-state index contributed by atoms with van der Waals surface area (Å²) in [5.74, 6) is 3.53. The third kappa shape index (κ3) is 1.87. The van der Waals surface area contributed by atoms with Crippen LogP contribution in [-0.4, -0.2) is 16.5 Å². The Hall–Kier alpha value is -0.770. The first kappa shape index (κ1) is 12.9. The highest BCUT2D eigenvalue weighted by molar-refractivity contribution is 9.10. The molecule has 3 nitrogen and oxygen atoms in total. The standard InChI is InChI=1S/C16H21BrN2O/c1-2-5-19-8-11(17)7-12(19)16(20)18-15-13-9-3-4-10(6-9)14(13)15/h7-10,13-15H,2-6H2,1H3,(H,18,20). The smallest absolute Gasteiger partial charge is 0.268 e. The lowest BCUT2D eigenvalue weighted by molar-refractivity contribution is 0.0935. The number of nitrogens with zero attached hydrogens (tertiary/aromatic N) is 1. The van der Waals surface area contributed by atoms with Crippen LogP contribution in [0.4, 0.5) is 0 Å². The molecule has 3 aliphatic rings. The molecule has 1 heterocycles. The molecule has 3 aliphatic carbocycles. The van der Waals surface area contributed by atoms with Crippen LogP contribution >= 0.6 is 15.9 Å². The molecule has 3 fully saturated rings. The molecule has 4 atom stereocenters. The van der Waals surface area contributed by atoms with Crippen molar-refractivity contribution in [3.8, 4) is 0 Å². The summed E-state index contributed by atoms with van der Waals surface area (Å²) in [5, 5.41) is 3.30. The van der Waals surface area contributed by atoms with Gasteiger partial charge in [-0.15, -0.1) is 0 Å². The summed E-state index contributed by atoms with van der Waals surface area (Å²) in [6.07, 6.45) is 7.28. The summed E-state index contributed by atoms with van der Waals surface area (Å²) in [4.78, 5) is 12.5. The number of carbonyl (C=O) groups is 1. The highest BCUT2D eigenvalue weighted by Crippen LogP contribution is 2.65. The predicted octanol–water partition coefficient (Wildman–Crippen LogP) is 3.43. The fourth-order valence-corrected chi connectivity index (χ4v) is 5.30. The van der Waals surface area contributed by atoms with Crippen molar-refractivity contribution in [1.82, 2.24) is 9.88 Å². The number of hydrogen-bond donors (Lipinski definition) is 1. The number of aromatic nitrogens is 1. The lowest BCUT2D eigenvalue weighted by Crippen LogP contribution is -2.31. The summed E-state index contributed by atoms with van der Waals surface area (Å²) in [5.41, 5.74) is 0.802. The van der Waals surface area contributed by atoms with Crippen molar-refractivity contribution in [3.05, 3.63) is 22.4 Å². The predicted molar refractivity (Wildman–Crippen MR) is 81.5 cm³/mol. The van der Waals surface area contributed by atoms with Crippen molar-refractivity contribution in [1.29, 1.82) is 0 Å². The lowest BCUT2D eigenvalue weighted by Gasteiger charge is -2.12. The Kier molecular flexibility index (Phi) is 2.99. The van der Waals surface area contributed by atoms with Gasteiger partial charge in [-0.3, -0.25) is 4.79 Å². The van der Waals surface area contributed by atoms with E-state index in [9.17, 15) is 4.79 Å². The number of rotatable bonds is 4. The van der Waals surface area contributed by atoms with Crippen LogP contribution in [0.2, 0.25) is 0 Å². The molecular weight excluding hydrogens is 316 g/mol. The zero-order valence-corrected chi connectivity index (χ0v) is 13.4. The van der Waals surface area contributed by atoms with Gasteiger partial charge >= 0.3 is 0 Å². The molecule has 1 N–H and O–H groups in total. The van der Waals surface area contributed by atoms with Crippen LogP contribution in [0.1, 0.15) is 43.1 Å². The Bertz CT molecular complexity index is 537. The van der Waals surface area contributed by atoms with Crippen molar-refractivity contribution in [3.63, 3.8) is 0 Å². The molecule has 0 radical (unpaired) electrons. The van der Waals surface area contributed by atoms with Gasteiger partial charge in [0.15, 0.2) is 0 Å². The quantitative estimate of drug-likeness (QED) is 0.897. The SMILES string of the molecule is CCCn1cc(Br)cc1C(=O)NC1C2C3CCC(C3)C12. The van der Waals surface area contributed by atoms with Gasteiger partial charge in [0, 0.05) is 23.3 Å². The number of hydrogen-bond acceptors (Lipinski definition) is 1. The highest BCUT2D eigenvalue weighted by Gasteiger charge is 2.65. The Morgan fingerprint density at radius 3 is 2.75 bits per heavy atom. The Morgan fingerprint density at radius 1 is 1.40 bits per heavy atom. The van der Waals surface area contributed by atoms with E-state index >= 15 is 0 Å². The maximum atomic E-state index is 12.5. The Labute approximate surface area is 128 Å². The average molecular weight is 337 g/mol. The molecule has 3 saturated carbocycles. The van der Waals surface area contributed by atoms with E-state index in [0.717, 1.165) is 46.8 Å². The van der Waals surface area contributed by atoms with Gasteiger partial charge in [0.2, 0.25) is 0 Å². The first-order valence-electron chi connectivity index (χ1n) is 7.85. The summed E-state index contributed by atoms with van der Waals surface area (Å²) < 4.78 is 3.05. The topological polar surface area (TPSA) is 34.0 Å². The molecule has 1 aromatic rings. The second kappa shape index (κ2) is 4.62. The number of fused-ring (bicyclic) bond motifs is 5. The van der Waals surface area contributed by atoms with E-state index < -0.39 is 0 Å². The van der Waals surface area contributed by atoms with Gasteiger partial charge in [-0.1, -0.05) is 6.92 Å². The second-order valence-corrected chi connectivity index (χ2v) is 7.64. The number of aryl methyl sites for hydroxylation is 1. The van der Waals surface area contributed by atoms with Crippen LogP contribution in [0, 0.1) is 23.7 Å². The fraction of sp³-hybridized carbons (Fsp3) is 0.688. The Morgan fingerprint density at radius 2 is 2.10 bits per heavy atom. The molecule has 1 amide bonds. The van der Waals surface area contributed by atoms with Gasteiger partial charge in [-0.2, -0.15) is 0 Å². The van der Waals surface area contributed by atoms with Crippen LogP contribution in [0.25, 0.3) is 0 Å². The van der Waals surface area contributed by atoms with E-state index in [1.165, 1.54) is 19.3 Å². The van der Waals surface area contributed by atoms with Crippen LogP contribution in [0.3, 0.4) is 0 Å². The van der Waals surface area contributed by atoms with E-state index in [2.05, 4.69) is 32.7 Å². The molecule has 108 valence electrons. The number of halogens is 1. The first-order valence-corrected chi connectivity index (χ1v) is 8.65. The zero-order valence-electron chi connectivity index (χ0n) is 11.8. The number of amides is 1. The molecule has 0 aliphatic heterocycles. The second-order valence-electron chi connectivity index (χ2n) is 6.72. The number of nitrogens with one attached hydrogen (secondary N) is 1. The largest absolute Gasteiger partial charge is 0.347 e. The monoisotopic (exact) mass is 336 g/mol. The molecule has 20 heavy (non-hydrogen) atoms. The van der Waals surface area contributed by atoms with Crippen LogP contribution in [-0.2, 0) is 6.54 Å². The lowest BCUT2D eigenvalue weighted by atomic mass is 10.0. The minimum Gasteiger partial charge on any atom is -0.347 e. The van der Waals surface area contributed by atoms with Gasteiger partial charge in [-0.25, -0.2) is 0 Å². The van der Waals surface area contributed by atoms with Crippen LogP contribution < -0.4 is 5.32 Å². The maximum Gasteiger partial charge on any atom is 0.268 e. The highest BCUT2D eigenvalue weighted by atomic mass is 79.9. The van der Waals surface area contributed by atoms with Crippen molar-refractivity contribution in [2.24, 2.45) is 23.7 Å². The van der Waals surface area contributed by atoms with Gasteiger partial charge < -0.3 is 9.88 Å². The average Bonchev–Trinajstić information content (AvgIpc) is 2.81. The van der Waals surface area contributed by atoms with Crippen molar-refractivity contribution < 1.29 is 4.79 Å². The third-order valence-corrected chi connectivity index (χ3v) is 6.03. The minimum atomic E-state index is 0.114. The van der Waals surface area contributed by atoms with E-state index in [4.69, 9.17) is 0 Å². The van der Waals surface area contributed by atoms with Crippen molar-refractivity contribution in [2.75, 3.05) is 0 Å². The molecular formula is C16H21BrN2O. The summed E-state index contributed by atoms with van der Waals surface area (Å²) in [6, 6.07) is 2.41. The molecule has 1 aromatic heterocycles.